The first-order valence-electron chi connectivity index (χ1n) is 14.2. The predicted octanol–water partition coefficient (Wildman–Crippen LogP) is 6.68. The largest absolute Gasteiger partial charge is 0.361 e. The molecule has 3 aliphatic rings. The second-order valence-electron chi connectivity index (χ2n) is 11.5. The fraction of sp³-hybridized carbons (Fsp3) is 0.452. The highest BCUT2D eigenvalue weighted by Crippen LogP contribution is 2.41. The molecule has 0 bridgehead atoms. The number of thiocarbonyl (C=S) groups is 1. The number of nitrogens with one attached hydrogen (secondary N) is 2. The smallest absolute Gasteiger partial charge is 0.232 e. The van der Waals surface area contributed by atoms with Crippen molar-refractivity contribution in [2.75, 3.05) is 34.8 Å². The van der Waals surface area contributed by atoms with Crippen LogP contribution in [-0.4, -0.2) is 34.7 Å². The van der Waals surface area contributed by atoms with Gasteiger partial charge in [-0.25, -0.2) is 0 Å². The lowest BCUT2D eigenvalue weighted by Crippen LogP contribution is -2.41. The lowest BCUT2D eigenvalue weighted by Gasteiger charge is -2.33. The Morgan fingerprint density at radius 1 is 0.974 bits per heavy atom. The van der Waals surface area contributed by atoms with Crippen molar-refractivity contribution in [2.24, 2.45) is 5.92 Å². The van der Waals surface area contributed by atoms with Gasteiger partial charge in [0.1, 0.15) is 11.6 Å². The summed E-state index contributed by atoms with van der Waals surface area (Å²) >= 11 is 12.2. The van der Waals surface area contributed by atoms with Crippen LogP contribution in [0.15, 0.2) is 54.6 Å². The van der Waals surface area contributed by atoms with Gasteiger partial charge in [-0.1, -0.05) is 67.8 Å². The van der Waals surface area contributed by atoms with Crippen LogP contribution in [0, 0.1) is 5.92 Å². The average Bonchev–Trinajstić information content (AvgIpc) is 3.60. The Morgan fingerprint density at radius 2 is 1.69 bits per heavy atom. The lowest BCUT2D eigenvalue weighted by atomic mass is 9.79. The highest BCUT2D eigenvalue weighted by molar-refractivity contribution is 7.80. The molecule has 6 rings (SSSR count). The number of fused-ring (bicyclic) bond motifs is 1. The van der Waals surface area contributed by atoms with Crippen LogP contribution in [0.4, 0.5) is 17.6 Å². The van der Waals surface area contributed by atoms with Crippen molar-refractivity contribution in [3.63, 3.8) is 0 Å². The predicted molar refractivity (Wildman–Crippen MR) is 165 cm³/mol. The summed E-state index contributed by atoms with van der Waals surface area (Å²) in [6, 6.07) is 19.1. The highest BCUT2D eigenvalue weighted by Gasteiger charge is 2.36. The molecule has 1 atom stereocenters. The molecule has 39 heavy (non-hydrogen) atoms. The van der Waals surface area contributed by atoms with E-state index in [1.54, 1.807) is 0 Å². The molecule has 2 N–H and O–H groups in total. The monoisotopic (exact) mass is 560 g/mol. The van der Waals surface area contributed by atoms with Crippen molar-refractivity contribution in [2.45, 2.75) is 64.0 Å². The molecule has 1 unspecified atom stereocenters. The standard InChI is InChI=1S/C31H37ClN6S/c1-22-8-7-15-37(18-22)27-17-28(38-19-23-9-2-3-10-24(23)20-38)35-29(34-27)36-30(39)33-21-31(13-4-5-14-31)25-11-6-12-26(32)16-25/h2-3,6,9-12,16-17,22H,4-5,7-8,13-15,18-21H2,1H3,(H2,33,34,35,36,39). The summed E-state index contributed by atoms with van der Waals surface area (Å²) in [6.07, 6.45) is 7.14. The van der Waals surface area contributed by atoms with Gasteiger partial charge in [0, 0.05) is 49.2 Å². The fourth-order valence-electron chi connectivity index (χ4n) is 6.53. The van der Waals surface area contributed by atoms with Crippen molar-refractivity contribution in [3.8, 4) is 0 Å². The molecule has 204 valence electrons. The zero-order valence-electron chi connectivity index (χ0n) is 22.6. The number of hydrogen-bond donors (Lipinski definition) is 2. The second-order valence-corrected chi connectivity index (χ2v) is 12.4. The molecule has 0 amide bonds. The third kappa shape index (κ3) is 5.85. The molecule has 2 fully saturated rings. The minimum Gasteiger partial charge on any atom is -0.361 e. The summed E-state index contributed by atoms with van der Waals surface area (Å²) < 4.78 is 0. The van der Waals surface area contributed by atoms with Crippen LogP contribution in [0.25, 0.3) is 0 Å². The van der Waals surface area contributed by atoms with E-state index in [9.17, 15) is 0 Å². The number of nitrogens with zero attached hydrogens (tertiary/aromatic N) is 4. The maximum Gasteiger partial charge on any atom is 0.232 e. The first-order chi connectivity index (χ1) is 19.0. The molecular formula is C31H37ClN6S. The van der Waals surface area contributed by atoms with Crippen molar-refractivity contribution < 1.29 is 0 Å². The number of halogens is 1. The summed E-state index contributed by atoms with van der Waals surface area (Å²) in [5, 5.41) is 8.20. The third-order valence-electron chi connectivity index (χ3n) is 8.66. The molecule has 3 aromatic rings. The molecule has 1 aromatic heterocycles. The second kappa shape index (κ2) is 11.3. The Labute approximate surface area is 242 Å². The maximum absolute atomic E-state index is 6.36. The number of rotatable bonds is 6. The SMILES string of the molecule is CC1CCCN(c2cc(N3Cc4ccccc4C3)nc(NC(=S)NCC3(c4cccc(Cl)c4)CCCC3)n2)C1. The van der Waals surface area contributed by atoms with Crippen LogP contribution in [0.1, 0.15) is 62.1 Å². The van der Waals surface area contributed by atoms with E-state index in [-0.39, 0.29) is 5.41 Å². The van der Waals surface area contributed by atoms with Crippen molar-refractivity contribution >= 4 is 46.5 Å². The fourth-order valence-corrected chi connectivity index (χ4v) is 6.88. The molecule has 1 saturated heterocycles. The zero-order valence-corrected chi connectivity index (χ0v) is 24.2. The molecule has 0 radical (unpaired) electrons. The quantitative estimate of drug-likeness (QED) is 0.326. The summed E-state index contributed by atoms with van der Waals surface area (Å²) in [6.45, 7) is 6.83. The van der Waals surface area contributed by atoms with Crippen LogP contribution in [0.2, 0.25) is 5.02 Å². The Bertz CT molecular complexity index is 1320. The van der Waals surface area contributed by atoms with E-state index in [2.05, 4.69) is 69.8 Å². The zero-order chi connectivity index (χ0) is 26.8. The molecular weight excluding hydrogens is 524 g/mol. The average molecular weight is 561 g/mol. The highest BCUT2D eigenvalue weighted by atomic mass is 35.5. The normalized spacial score (nSPS) is 20.1. The van der Waals surface area contributed by atoms with E-state index in [0.717, 1.165) is 62.2 Å². The van der Waals surface area contributed by atoms with E-state index in [4.69, 9.17) is 33.8 Å². The van der Waals surface area contributed by atoms with Crippen LogP contribution in [0.3, 0.4) is 0 Å². The van der Waals surface area contributed by atoms with Crippen molar-refractivity contribution in [1.82, 2.24) is 15.3 Å². The molecule has 3 heterocycles. The van der Waals surface area contributed by atoms with E-state index in [1.165, 1.54) is 42.4 Å². The van der Waals surface area contributed by atoms with Crippen LogP contribution >= 0.6 is 23.8 Å². The van der Waals surface area contributed by atoms with Gasteiger partial charge in [0.15, 0.2) is 5.11 Å². The van der Waals surface area contributed by atoms with E-state index >= 15 is 0 Å². The first kappa shape index (κ1) is 26.3. The summed E-state index contributed by atoms with van der Waals surface area (Å²) in [4.78, 5) is 14.6. The number of benzene rings is 2. The van der Waals surface area contributed by atoms with E-state index in [0.29, 0.717) is 17.0 Å². The maximum atomic E-state index is 6.36. The van der Waals surface area contributed by atoms with Gasteiger partial charge < -0.3 is 20.4 Å². The van der Waals surface area contributed by atoms with Gasteiger partial charge in [-0.05, 0) is 72.6 Å². The van der Waals surface area contributed by atoms with Crippen LogP contribution < -0.4 is 20.4 Å². The Hall–Kier alpha value is -2.90. The number of piperidine rings is 1. The van der Waals surface area contributed by atoms with E-state index in [1.807, 2.05) is 12.1 Å². The van der Waals surface area contributed by atoms with Crippen molar-refractivity contribution in [1.29, 1.82) is 0 Å². The van der Waals surface area contributed by atoms with Gasteiger partial charge in [0.05, 0.1) is 0 Å². The summed E-state index contributed by atoms with van der Waals surface area (Å²) in [7, 11) is 0. The Morgan fingerprint density at radius 3 is 2.38 bits per heavy atom. The molecule has 2 aromatic carbocycles. The third-order valence-corrected chi connectivity index (χ3v) is 9.14. The molecule has 6 nitrogen and oxygen atoms in total. The summed E-state index contributed by atoms with van der Waals surface area (Å²) in [5.74, 6) is 3.11. The van der Waals surface area contributed by atoms with Gasteiger partial charge in [-0.3, -0.25) is 0 Å². The minimum atomic E-state index is 0.0375. The van der Waals surface area contributed by atoms with Gasteiger partial charge >= 0.3 is 0 Å². The minimum absolute atomic E-state index is 0.0375. The first-order valence-corrected chi connectivity index (χ1v) is 15.0. The number of aromatic nitrogens is 2. The van der Waals surface area contributed by atoms with Gasteiger partial charge in [-0.15, -0.1) is 0 Å². The van der Waals surface area contributed by atoms with Crippen LogP contribution in [0.5, 0.6) is 0 Å². The molecule has 2 aliphatic heterocycles. The number of anilines is 3. The Balaban J connectivity index is 1.21. The van der Waals surface area contributed by atoms with Gasteiger partial charge in [0.2, 0.25) is 5.95 Å². The molecule has 8 heteroatoms. The number of hydrogen-bond acceptors (Lipinski definition) is 5. The van der Waals surface area contributed by atoms with Crippen LogP contribution in [-0.2, 0) is 18.5 Å². The van der Waals surface area contributed by atoms with Gasteiger partial charge in [-0.2, -0.15) is 9.97 Å². The summed E-state index contributed by atoms with van der Waals surface area (Å²) in [5.41, 5.74) is 4.05. The van der Waals surface area contributed by atoms with Crippen molar-refractivity contribution in [3.05, 3.63) is 76.3 Å². The lowest BCUT2D eigenvalue weighted by molar-refractivity contribution is 0.435. The molecule has 1 saturated carbocycles. The topological polar surface area (TPSA) is 56.3 Å². The van der Waals surface area contributed by atoms with E-state index < -0.39 is 0 Å². The van der Waals surface area contributed by atoms with Gasteiger partial charge in [0.25, 0.3) is 0 Å². The molecule has 0 spiro atoms. The Kier molecular flexibility index (Phi) is 7.63. The molecule has 1 aliphatic carbocycles.